The van der Waals surface area contributed by atoms with Gasteiger partial charge in [-0.25, -0.2) is 0 Å². The second-order valence-electron chi connectivity index (χ2n) is 5.27. The molecule has 0 aromatic rings. The van der Waals surface area contributed by atoms with Crippen LogP contribution in [0.4, 0.5) is 0 Å². The van der Waals surface area contributed by atoms with Crippen LogP contribution in [0.1, 0.15) is 32.1 Å². The van der Waals surface area contributed by atoms with Crippen molar-refractivity contribution in [3.8, 4) is 0 Å². The molecule has 0 bridgehead atoms. The van der Waals surface area contributed by atoms with Crippen LogP contribution in [0.25, 0.3) is 0 Å². The Bertz CT molecular complexity index is 312. The third kappa shape index (κ3) is 3.22. The van der Waals surface area contributed by atoms with Gasteiger partial charge in [-0.1, -0.05) is 6.42 Å². The van der Waals surface area contributed by atoms with Crippen molar-refractivity contribution in [1.29, 1.82) is 0 Å². The van der Waals surface area contributed by atoms with Crippen molar-refractivity contribution in [2.45, 2.75) is 32.1 Å². The fourth-order valence-electron chi connectivity index (χ4n) is 2.94. The molecule has 1 aliphatic carbocycles. The van der Waals surface area contributed by atoms with Crippen LogP contribution in [0, 0.1) is 17.8 Å². The normalized spacial score (nSPS) is 29.1. The standard InChI is InChI=1S/C13H21NO4/c15-12(9-4-6-18-7-5-9)14-8-10-2-1-3-11(10)13(16)17/h9-11H,1-8H2,(H,14,15)(H,16,17). The molecule has 0 radical (unpaired) electrons. The van der Waals surface area contributed by atoms with Gasteiger partial charge in [0, 0.05) is 25.7 Å². The summed E-state index contributed by atoms with van der Waals surface area (Å²) in [6.45, 7) is 1.81. The highest BCUT2D eigenvalue weighted by molar-refractivity contribution is 5.78. The van der Waals surface area contributed by atoms with Crippen molar-refractivity contribution in [2.75, 3.05) is 19.8 Å². The Hall–Kier alpha value is -1.10. The van der Waals surface area contributed by atoms with Gasteiger partial charge in [0.2, 0.25) is 5.91 Å². The molecule has 102 valence electrons. The minimum Gasteiger partial charge on any atom is -0.481 e. The average molecular weight is 255 g/mol. The van der Waals surface area contributed by atoms with Crippen LogP contribution in [0.5, 0.6) is 0 Å². The van der Waals surface area contributed by atoms with E-state index in [1.165, 1.54) is 0 Å². The van der Waals surface area contributed by atoms with Crippen LogP contribution in [0.2, 0.25) is 0 Å². The Kier molecular flexibility index (Phi) is 4.58. The average Bonchev–Trinajstić information content (AvgIpc) is 2.85. The topological polar surface area (TPSA) is 75.6 Å². The van der Waals surface area contributed by atoms with E-state index in [1.54, 1.807) is 0 Å². The maximum Gasteiger partial charge on any atom is 0.306 e. The third-order valence-corrected chi connectivity index (χ3v) is 4.11. The van der Waals surface area contributed by atoms with Gasteiger partial charge in [0.15, 0.2) is 0 Å². The molecular formula is C13H21NO4. The first-order chi connectivity index (χ1) is 8.68. The monoisotopic (exact) mass is 255 g/mol. The SMILES string of the molecule is O=C(NCC1CCCC1C(=O)O)C1CCOCC1. The van der Waals surface area contributed by atoms with E-state index in [0.717, 1.165) is 32.1 Å². The Balaban J connectivity index is 1.76. The second kappa shape index (κ2) is 6.18. The molecule has 0 aromatic heterocycles. The number of nitrogens with one attached hydrogen (secondary N) is 1. The molecule has 18 heavy (non-hydrogen) atoms. The molecule has 1 saturated heterocycles. The van der Waals surface area contributed by atoms with Gasteiger partial charge in [-0.3, -0.25) is 9.59 Å². The van der Waals surface area contributed by atoms with Gasteiger partial charge in [0.25, 0.3) is 0 Å². The van der Waals surface area contributed by atoms with Crippen molar-refractivity contribution in [3.63, 3.8) is 0 Å². The van der Waals surface area contributed by atoms with Gasteiger partial charge in [-0.2, -0.15) is 0 Å². The van der Waals surface area contributed by atoms with Crippen molar-refractivity contribution < 1.29 is 19.4 Å². The van der Waals surface area contributed by atoms with E-state index < -0.39 is 5.97 Å². The molecule has 0 spiro atoms. The van der Waals surface area contributed by atoms with Crippen molar-refractivity contribution in [2.24, 2.45) is 17.8 Å². The lowest BCUT2D eigenvalue weighted by atomic mass is 9.95. The zero-order valence-corrected chi connectivity index (χ0v) is 10.6. The molecular weight excluding hydrogens is 234 g/mol. The van der Waals surface area contributed by atoms with Crippen LogP contribution in [0.15, 0.2) is 0 Å². The molecule has 1 heterocycles. The van der Waals surface area contributed by atoms with Crippen LogP contribution < -0.4 is 5.32 Å². The summed E-state index contributed by atoms with van der Waals surface area (Å²) < 4.78 is 5.22. The maximum atomic E-state index is 11.9. The van der Waals surface area contributed by atoms with Crippen LogP contribution in [-0.2, 0) is 14.3 Å². The number of aliphatic carboxylic acids is 1. The zero-order valence-electron chi connectivity index (χ0n) is 10.6. The largest absolute Gasteiger partial charge is 0.481 e. The van der Waals surface area contributed by atoms with E-state index >= 15 is 0 Å². The van der Waals surface area contributed by atoms with Crippen LogP contribution in [-0.4, -0.2) is 36.7 Å². The van der Waals surface area contributed by atoms with E-state index in [9.17, 15) is 9.59 Å². The highest BCUT2D eigenvalue weighted by Gasteiger charge is 2.33. The minimum atomic E-state index is -0.724. The first-order valence-electron chi connectivity index (χ1n) is 6.76. The highest BCUT2D eigenvalue weighted by Crippen LogP contribution is 2.31. The van der Waals surface area contributed by atoms with Gasteiger partial charge in [0.1, 0.15) is 0 Å². The summed E-state index contributed by atoms with van der Waals surface area (Å²) in [5, 5.41) is 12.0. The second-order valence-corrected chi connectivity index (χ2v) is 5.27. The molecule has 5 nitrogen and oxygen atoms in total. The lowest BCUT2D eigenvalue weighted by Crippen LogP contribution is -2.38. The summed E-state index contributed by atoms with van der Waals surface area (Å²) in [5.41, 5.74) is 0. The Morgan fingerprint density at radius 2 is 1.89 bits per heavy atom. The molecule has 0 aromatic carbocycles. The first-order valence-corrected chi connectivity index (χ1v) is 6.76. The smallest absolute Gasteiger partial charge is 0.306 e. The number of carboxylic acid groups (broad SMARTS) is 1. The van der Waals surface area contributed by atoms with E-state index in [0.29, 0.717) is 19.8 Å². The van der Waals surface area contributed by atoms with Crippen LogP contribution in [0.3, 0.4) is 0 Å². The molecule has 2 atom stereocenters. The molecule has 2 unspecified atom stereocenters. The lowest BCUT2D eigenvalue weighted by Gasteiger charge is -2.23. The van der Waals surface area contributed by atoms with E-state index in [4.69, 9.17) is 9.84 Å². The Labute approximate surface area is 107 Å². The highest BCUT2D eigenvalue weighted by atomic mass is 16.5. The van der Waals surface area contributed by atoms with Gasteiger partial charge in [-0.05, 0) is 31.6 Å². The molecule has 1 saturated carbocycles. The molecule has 1 amide bonds. The molecule has 2 fully saturated rings. The predicted octanol–water partition coefficient (Wildman–Crippen LogP) is 1.03. The number of hydrogen-bond acceptors (Lipinski definition) is 3. The number of ether oxygens (including phenoxy) is 1. The van der Waals surface area contributed by atoms with Gasteiger partial charge < -0.3 is 15.2 Å². The van der Waals surface area contributed by atoms with E-state index in [-0.39, 0.29) is 23.7 Å². The summed E-state index contributed by atoms with van der Waals surface area (Å²) in [7, 11) is 0. The van der Waals surface area contributed by atoms with Gasteiger partial charge in [0.05, 0.1) is 5.92 Å². The summed E-state index contributed by atoms with van der Waals surface area (Å²) in [6.07, 6.45) is 4.16. The number of amides is 1. The first kappa shape index (κ1) is 13.3. The minimum absolute atomic E-state index is 0.0448. The van der Waals surface area contributed by atoms with Gasteiger partial charge in [-0.15, -0.1) is 0 Å². The summed E-state index contributed by atoms with van der Waals surface area (Å²) >= 11 is 0. The fraction of sp³-hybridized carbons (Fsp3) is 0.846. The van der Waals surface area contributed by atoms with E-state index in [1.807, 2.05) is 0 Å². The number of rotatable bonds is 4. The molecule has 2 aliphatic rings. The number of carbonyl (C=O) groups excluding carboxylic acids is 1. The number of hydrogen-bond donors (Lipinski definition) is 2. The Morgan fingerprint density at radius 3 is 2.56 bits per heavy atom. The molecule has 2 rings (SSSR count). The van der Waals surface area contributed by atoms with Crippen LogP contribution >= 0.6 is 0 Å². The number of carbonyl (C=O) groups is 2. The quantitative estimate of drug-likeness (QED) is 0.786. The molecule has 2 N–H and O–H groups in total. The summed E-state index contributed by atoms with van der Waals surface area (Å²) in [4.78, 5) is 22.9. The third-order valence-electron chi connectivity index (χ3n) is 4.11. The molecule has 5 heteroatoms. The predicted molar refractivity (Wildman–Crippen MR) is 65.0 cm³/mol. The number of carboxylic acids is 1. The van der Waals surface area contributed by atoms with Gasteiger partial charge >= 0.3 is 5.97 Å². The zero-order chi connectivity index (χ0) is 13.0. The van der Waals surface area contributed by atoms with Crippen molar-refractivity contribution in [3.05, 3.63) is 0 Å². The lowest BCUT2D eigenvalue weighted by molar-refractivity contribution is -0.143. The molecule has 1 aliphatic heterocycles. The fourth-order valence-corrected chi connectivity index (χ4v) is 2.94. The van der Waals surface area contributed by atoms with Crippen molar-refractivity contribution >= 4 is 11.9 Å². The van der Waals surface area contributed by atoms with E-state index in [2.05, 4.69) is 5.32 Å². The Morgan fingerprint density at radius 1 is 1.17 bits per heavy atom. The maximum absolute atomic E-state index is 11.9. The van der Waals surface area contributed by atoms with Crippen molar-refractivity contribution in [1.82, 2.24) is 5.32 Å². The summed E-state index contributed by atoms with van der Waals surface area (Å²) in [6, 6.07) is 0. The summed E-state index contributed by atoms with van der Waals surface area (Å²) in [5.74, 6) is -0.790.